The lowest BCUT2D eigenvalue weighted by Gasteiger charge is -2.50. The third-order valence-corrected chi connectivity index (χ3v) is 14.4. The molecule has 0 aromatic rings. The molecule has 15 nitrogen and oxygen atoms in total. The van der Waals surface area contributed by atoms with Crippen LogP contribution in [0, 0.1) is 17.8 Å². The zero-order valence-corrected chi connectivity index (χ0v) is 42.6. The van der Waals surface area contributed by atoms with Gasteiger partial charge in [0.25, 0.3) is 0 Å². The van der Waals surface area contributed by atoms with Gasteiger partial charge in [0.1, 0.15) is 17.5 Å². The van der Waals surface area contributed by atoms with Crippen molar-refractivity contribution in [1.29, 1.82) is 0 Å². The minimum atomic E-state index is -2.18. The Hall–Kier alpha value is -2.41. The molecule has 4 heterocycles. The standard InChI is InChI=1S/C47H81NO14Si/c1-20-22-53-46(12)24-26(3)37-28(5)41(62-63(17,18)19)47(13,61-37)35(21-2)58-43(51)30(7)38(59-36-25-45(11,52-16)42(31(8)55-36)57-33(10)50)29(6)40(46)60-44-39(56-32(9)49)34(48(14)15)23-27(4)54-44/h20,27-31,34-36,38-42,44H,1,21-25H2,2-19H3/b37-26+/t27-,28+,29+,30-,31+,34+,35-,36?,38+,39-,40-,41-,42+,44+,45-,46-,47?/m1/s1. The van der Waals surface area contributed by atoms with E-state index in [0.717, 1.165) is 11.3 Å². The molecule has 0 amide bonds. The summed E-state index contributed by atoms with van der Waals surface area (Å²) in [5.41, 5.74) is -2.31. The second-order valence-corrected chi connectivity index (χ2v) is 24.7. The van der Waals surface area contributed by atoms with Crippen molar-refractivity contribution in [2.45, 2.75) is 213 Å². The molecule has 63 heavy (non-hydrogen) atoms. The molecule has 0 aliphatic carbocycles. The van der Waals surface area contributed by atoms with Crippen molar-refractivity contribution in [3.8, 4) is 0 Å². The van der Waals surface area contributed by atoms with Crippen molar-refractivity contribution >= 4 is 26.2 Å². The molecular formula is C47H81NO14Si. The zero-order chi connectivity index (χ0) is 47.6. The predicted octanol–water partition coefficient (Wildman–Crippen LogP) is 7.10. The Kier molecular flexibility index (Phi) is 17.8. The maximum atomic E-state index is 14.9. The summed E-state index contributed by atoms with van der Waals surface area (Å²) in [7, 11) is 3.26. The SMILES string of the molecule is C=CCO[C@]1(C)C/C(C)=C2/OC(C)([C@H](O[Si](C)(C)C)[C@H]2C)[C@@H](CC)OC(=O)[C@H](C)[C@@H](OC2C[C@@](C)(OC)[C@@H](OC(C)=O)[C@H](C)O2)[C@H](C)[C@H]1O[C@@H]1O[C@H](C)C[C@H](N(C)C)[C@H]1OC(C)=O. The molecule has 3 saturated heterocycles. The second-order valence-electron chi connectivity index (χ2n) is 20.3. The minimum Gasteiger partial charge on any atom is -0.485 e. The molecule has 0 N–H and O–H groups in total. The van der Waals surface area contributed by atoms with Crippen LogP contribution in [0.2, 0.25) is 19.6 Å². The van der Waals surface area contributed by atoms with Gasteiger partial charge in [-0.2, -0.15) is 0 Å². The van der Waals surface area contributed by atoms with E-state index in [1.54, 1.807) is 27.0 Å². The van der Waals surface area contributed by atoms with E-state index in [4.69, 9.17) is 51.8 Å². The smallest absolute Gasteiger partial charge is 0.311 e. The number of hydrogen-bond acceptors (Lipinski definition) is 15. The molecule has 3 fully saturated rings. The molecule has 0 saturated carbocycles. The van der Waals surface area contributed by atoms with Crippen molar-refractivity contribution in [2.24, 2.45) is 17.8 Å². The van der Waals surface area contributed by atoms with E-state index >= 15 is 0 Å². The summed E-state index contributed by atoms with van der Waals surface area (Å²) >= 11 is 0. The van der Waals surface area contributed by atoms with Crippen molar-refractivity contribution < 1.29 is 66.2 Å². The first kappa shape index (κ1) is 53.2. The number of rotatable bonds is 14. The Balaban J connectivity index is 1.99. The fourth-order valence-corrected chi connectivity index (χ4v) is 11.6. The lowest BCUT2D eigenvalue weighted by Crippen LogP contribution is -2.61. The number of methoxy groups -OCH3 is 1. The molecule has 0 aromatic heterocycles. The molecule has 4 aliphatic heterocycles. The number of carbonyl (C=O) groups is 3. The van der Waals surface area contributed by atoms with Gasteiger partial charge in [-0.25, -0.2) is 0 Å². The lowest BCUT2D eigenvalue weighted by atomic mass is 9.77. The van der Waals surface area contributed by atoms with E-state index in [9.17, 15) is 14.4 Å². The second kappa shape index (κ2) is 21.0. The summed E-state index contributed by atoms with van der Waals surface area (Å²) < 4.78 is 72.7. The molecule has 4 aliphatic rings. The van der Waals surface area contributed by atoms with Gasteiger partial charge < -0.3 is 56.7 Å². The number of carbonyl (C=O) groups excluding carboxylic acids is 3. The van der Waals surface area contributed by atoms with E-state index in [0.29, 0.717) is 19.3 Å². The van der Waals surface area contributed by atoms with E-state index < -0.39 is 110 Å². The third-order valence-electron chi connectivity index (χ3n) is 13.4. The number of ether oxygens (including phenoxy) is 10. The van der Waals surface area contributed by atoms with Crippen LogP contribution < -0.4 is 0 Å². The topological polar surface area (TPSA) is 156 Å². The van der Waals surface area contributed by atoms with E-state index in [2.05, 4.69) is 33.1 Å². The first-order valence-electron chi connectivity index (χ1n) is 22.8. The predicted molar refractivity (Wildman–Crippen MR) is 239 cm³/mol. The van der Waals surface area contributed by atoms with Crippen LogP contribution >= 0.6 is 0 Å². The summed E-state index contributed by atoms with van der Waals surface area (Å²) in [5.74, 6) is -2.47. The highest BCUT2D eigenvalue weighted by atomic mass is 28.4. The molecule has 362 valence electrons. The van der Waals surface area contributed by atoms with Crippen LogP contribution in [0.25, 0.3) is 0 Å². The molecule has 16 heteroatoms. The van der Waals surface area contributed by atoms with Crippen molar-refractivity contribution in [1.82, 2.24) is 4.90 Å². The van der Waals surface area contributed by atoms with Gasteiger partial charge in [-0.05, 0) is 101 Å². The highest BCUT2D eigenvalue weighted by molar-refractivity contribution is 6.69. The van der Waals surface area contributed by atoms with Gasteiger partial charge in [-0.3, -0.25) is 14.4 Å². The van der Waals surface area contributed by atoms with Crippen LogP contribution in [0.1, 0.15) is 109 Å². The molecule has 4 rings (SSSR count). The van der Waals surface area contributed by atoms with Gasteiger partial charge in [-0.1, -0.05) is 26.8 Å². The normalized spacial score (nSPS) is 42.9. The number of cyclic esters (lactones) is 1. The Bertz CT molecular complexity index is 1640. The van der Waals surface area contributed by atoms with Gasteiger partial charge in [-0.15, -0.1) is 6.58 Å². The van der Waals surface area contributed by atoms with Crippen LogP contribution in [-0.4, -0.2) is 143 Å². The number of fused-ring (bicyclic) bond motifs is 2. The van der Waals surface area contributed by atoms with Gasteiger partial charge in [0, 0.05) is 45.6 Å². The molecule has 0 radical (unpaired) electrons. The summed E-state index contributed by atoms with van der Waals surface area (Å²) in [5, 5.41) is 0. The first-order chi connectivity index (χ1) is 29.1. The van der Waals surface area contributed by atoms with E-state index in [1.165, 1.54) is 13.8 Å². The van der Waals surface area contributed by atoms with Crippen LogP contribution in [-0.2, 0) is 66.2 Å². The number of likely N-dealkylation sites (N-methyl/N-ethyl adjacent to an activating group) is 1. The molecule has 2 bridgehead atoms. The maximum absolute atomic E-state index is 14.9. The van der Waals surface area contributed by atoms with Crippen molar-refractivity contribution in [2.75, 3.05) is 27.8 Å². The number of esters is 3. The van der Waals surface area contributed by atoms with E-state index in [1.807, 2.05) is 67.5 Å². The average molecular weight is 912 g/mol. The van der Waals surface area contributed by atoms with Gasteiger partial charge in [0.05, 0.1) is 54.7 Å². The maximum Gasteiger partial charge on any atom is 0.311 e. The fraction of sp³-hybridized carbons (Fsp3) is 0.851. The van der Waals surface area contributed by atoms with Crippen LogP contribution in [0.15, 0.2) is 24.0 Å². The third kappa shape index (κ3) is 12.1. The summed E-state index contributed by atoms with van der Waals surface area (Å²) in [4.78, 5) is 41.9. The first-order valence-corrected chi connectivity index (χ1v) is 26.3. The molecule has 0 aromatic carbocycles. The van der Waals surface area contributed by atoms with Gasteiger partial charge in [0.2, 0.25) is 0 Å². The Labute approximate surface area is 378 Å². The monoisotopic (exact) mass is 912 g/mol. The highest BCUT2D eigenvalue weighted by Crippen LogP contribution is 2.49. The van der Waals surface area contributed by atoms with Crippen LogP contribution in [0.3, 0.4) is 0 Å². The minimum absolute atomic E-state index is 0.158. The molecule has 17 atom stereocenters. The average Bonchev–Trinajstić information content (AvgIpc) is 3.43. The summed E-state index contributed by atoms with van der Waals surface area (Å²) in [6.07, 6.45) is -4.18. The molecule has 0 spiro atoms. The number of nitrogens with zero attached hydrogens (tertiary/aromatic N) is 1. The van der Waals surface area contributed by atoms with E-state index in [-0.39, 0.29) is 31.1 Å². The lowest BCUT2D eigenvalue weighted by molar-refractivity contribution is -0.320. The van der Waals surface area contributed by atoms with Gasteiger partial charge in [0.15, 0.2) is 38.7 Å². The van der Waals surface area contributed by atoms with Crippen molar-refractivity contribution in [3.63, 3.8) is 0 Å². The summed E-state index contributed by atoms with van der Waals surface area (Å²) in [6, 6.07) is -0.244. The Morgan fingerprint density at radius 2 is 1.54 bits per heavy atom. The van der Waals surface area contributed by atoms with Crippen LogP contribution in [0.4, 0.5) is 0 Å². The van der Waals surface area contributed by atoms with Crippen molar-refractivity contribution in [3.05, 3.63) is 24.0 Å². The summed E-state index contributed by atoms with van der Waals surface area (Å²) in [6.45, 7) is 32.7. The Morgan fingerprint density at radius 1 is 0.905 bits per heavy atom. The zero-order valence-electron chi connectivity index (χ0n) is 41.6. The number of hydrogen-bond donors (Lipinski definition) is 0. The van der Waals surface area contributed by atoms with Gasteiger partial charge >= 0.3 is 17.9 Å². The largest absolute Gasteiger partial charge is 0.485 e. The molecule has 2 unspecified atom stereocenters. The Morgan fingerprint density at radius 3 is 2.08 bits per heavy atom. The fourth-order valence-electron chi connectivity index (χ4n) is 10.4. The highest BCUT2D eigenvalue weighted by Gasteiger charge is 2.59. The quantitative estimate of drug-likeness (QED) is 0.0752. The van der Waals surface area contributed by atoms with Crippen LogP contribution in [0.5, 0.6) is 0 Å². The molecular weight excluding hydrogens is 831 g/mol.